The summed E-state index contributed by atoms with van der Waals surface area (Å²) in [5.41, 5.74) is 3.29. The zero-order valence-electron chi connectivity index (χ0n) is 12.6. The highest BCUT2D eigenvalue weighted by Crippen LogP contribution is 2.42. The molecule has 20 heavy (non-hydrogen) atoms. The first kappa shape index (κ1) is 14.8. The van der Waals surface area contributed by atoms with Crippen LogP contribution in [0.4, 0.5) is 0 Å². The molecule has 0 aromatic heterocycles. The minimum absolute atomic E-state index is 0.183. The van der Waals surface area contributed by atoms with Gasteiger partial charge in [-0.25, -0.2) is 0 Å². The van der Waals surface area contributed by atoms with E-state index in [4.69, 9.17) is 15.3 Å². The Bertz CT molecular complexity index is 293. The molecule has 3 aliphatic rings. The van der Waals surface area contributed by atoms with Gasteiger partial charge in [0.1, 0.15) is 0 Å². The number of hydrogen-bond donors (Lipinski definition) is 2. The number of hydrazine groups is 1. The number of nitrogens with two attached hydrogens (primary N) is 1. The van der Waals surface area contributed by atoms with Crippen molar-refractivity contribution in [3.8, 4) is 0 Å². The molecular weight excluding hydrogens is 252 g/mol. The molecule has 3 N–H and O–H groups in total. The van der Waals surface area contributed by atoms with Crippen LogP contribution >= 0.6 is 0 Å². The van der Waals surface area contributed by atoms with Crippen LogP contribution in [-0.4, -0.2) is 31.5 Å². The van der Waals surface area contributed by atoms with Crippen LogP contribution in [0.1, 0.15) is 57.8 Å². The standard InChI is InChI=1S/C16H30N2O2/c17-18-15(10-13-4-8-19-12-13)14-5-9-20-16(11-14)6-2-1-3-7-16/h13-15,18H,1-12,17H2. The number of ether oxygens (including phenoxy) is 2. The van der Waals surface area contributed by atoms with E-state index < -0.39 is 0 Å². The second-order valence-electron chi connectivity index (χ2n) is 7.08. The molecule has 0 amide bonds. The third-order valence-corrected chi connectivity index (χ3v) is 5.69. The van der Waals surface area contributed by atoms with Crippen molar-refractivity contribution in [2.45, 2.75) is 69.4 Å². The normalized spacial score (nSPS) is 35.2. The Hall–Kier alpha value is -0.160. The first-order valence-corrected chi connectivity index (χ1v) is 8.49. The van der Waals surface area contributed by atoms with Crippen LogP contribution in [0.2, 0.25) is 0 Å². The van der Waals surface area contributed by atoms with Crippen LogP contribution in [0, 0.1) is 11.8 Å². The van der Waals surface area contributed by atoms with Crippen LogP contribution in [0.15, 0.2) is 0 Å². The largest absolute Gasteiger partial charge is 0.381 e. The third-order valence-electron chi connectivity index (χ3n) is 5.69. The van der Waals surface area contributed by atoms with Crippen molar-refractivity contribution in [3.05, 3.63) is 0 Å². The van der Waals surface area contributed by atoms with Crippen molar-refractivity contribution in [3.63, 3.8) is 0 Å². The van der Waals surface area contributed by atoms with E-state index >= 15 is 0 Å². The number of hydrogen-bond acceptors (Lipinski definition) is 4. The van der Waals surface area contributed by atoms with Gasteiger partial charge in [0.05, 0.1) is 5.60 Å². The van der Waals surface area contributed by atoms with E-state index in [2.05, 4.69) is 5.43 Å². The fourth-order valence-electron chi connectivity index (χ4n) is 4.48. The minimum Gasteiger partial charge on any atom is -0.381 e. The lowest BCUT2D eigenvalue weighted by Gasteiger charge is -2.45. The monoisotopic (exact) mass is 282 g/mol. The molecule has 1 spiro atoms. The van der Waals surface area contributed by atoms with E-state index in [1.807, 2.05) is 0 Å². The molecule has 4 heteroatoms. The van der Waals surface area contributed by atoms with Gasteiger partial charge in [-0.2, -0.15) is 0 Å². The van der Waals surface area contributed by atoms with Gasteiger partial charge in [0, 0.05) is 25.9 Å². The molecule has 3 atom stereocenters. The van der Waals surface area contributed by atoms with E-state index in [-0.39, 0.29) is 5.60 Å². The van der Waals surface area contributed by atoms with E-state index in [1.165, 1.54) is 44.9 Å². The second kappa shape index (κ2) is 6.73. The van der Waals surface area contributed by atoms with Gasteiger partial charge in [0.2, 0.25) is 0 Å². The lowest BCUT2D eigenvalue weighted by molar-refractivity contribution is -0.122. The van der Waals surface area contributed by atoms with Crippen molar-refractivity contribution in [1.82, 2.24) is 5.43 Å². The lowest BCUT2D eigenvalue weighted by Crippen LogP contribution is -2.50. The summed E-state index contributed by atoms with van der Waals surface area (Å²) in [6.45, 7) is 2.77. The number of nitrogens with one attached hydrogen (secondary N) is 1. The second-order valence-corrected chi connectivity index (χ2v) is 7.08. The number of rotatable bonds is 4. The van der Waals surface area contributed by atoms with Crippen molar-refractivity contribution < 1.29 is 9.47 Å². The molecule has 3 fully saturated rings. The van der Waals surface area contributed by atoms with Crippen LogP contribution in [0.25, 0.3) is 0 Å². The molecule has 0 aromatic carbocycles. The molecule has 0 radical (unpaired) electrons. The van der Waals surface area contributed by atoms with E-state index in [9.17, 15) is 0 Å². The summed E-state index contributed by atoms with van der Waals surface area (Å²) in [6, 6.07) is 0.435. The molecule has 2 aliphatic heterocycles. The molecule has 2 saturated heterocycles. The predicted octanol–water partition coefficient (Wildman–Crippen LogP) is 2.37. The Kier molecular flexibility index (Phi) is 4.97. The molecule has 4 nitrogen and oxygen atoms in total. The van der Waals surface area contributed by atoms with Crippen LogP contribution in [-0.2, 0) is 9.47 Å². The highest BCUT2D eigenvalue weighted by molar-refractivity contribution is 4.93. The van der Waals surface area contributed by atoms with E-state index in [1.54, 1.807) is 0 Å². The van der Waals surface area contributed by atoms with Gasteiger partial charge in [0.15, 0.2) is 0 Å². The fourth-order valence-corrected chi connectivity index (χ4v) is 4.48. The van der Waals surface area contributed by atoms with Crippen molar-refractivity contribution in [2.24, 2.45) is 17.7 Å². The van der Waals surface area contributed by atoms with E-state index in [0.717, 1.165) is 32.7 Å². The first-order valence-electron chi connectivity index (χ1n) is 8.49. The Labute approximate surface area is 122 Å². The smallest absolute Gasteiger partial charge is 0.0685 e. The van der Waals surface area contributed by atoms with Gasteiger partial charge < -0.3 is 9.47 Å². The van der Waals surface area contributed by atoms with Crippen molar-refractivity contribution >= 4 is 0 Å². The van der Waals surface area contributed by atoms with Gasteiger partial charge in [0.25, 0.3) is 0 Å². The SMILES string of the molecule is NNC(CC1CCOC1)C1CCOC2(CCCCC2)C1. The maximum Gasteiger partial charge on any atom is 0.0685 e. The van der Waals surface area contributed by atoms with Crippen LogP contribution in [0.5, 0.6) is 0 Å². The summed E-state index contributed by atoms with van der Waals surface area (Å²) in [4.78, 5) is 0. The average Bonchev–Trinajstić information content (AvgIpc) is 2.98. The van der Waals surface area contributed by atoms with Gasteiger partial charge >= 0.3 is 0 Å². The Balaban J connectivity index is 1.58. The molecule has 1 saturated carbocycles. The summed E-state index contributed by atoms with van der Waals surface area (Å²) in [6.07, 6.45) is 11.3. The fraction of sp³-hybridized carbons (Fsp3) is 1.00. The minimum atomic E-state index is 0.183. The van der Waals surface area contributed by atoms with Gasteiger partial charge in [-0.3, -0.25) is 11.3 Å². The maximum atomic E-state index is 6.21. The van der Waals surface area contributed by atoms with Crippen molar-refractivity contribution in [1.29, 1.82) is 0 Å². The quantitative estimate of drug-likeness (QED) is 0.614. The predicted molar refractivity (Wildman–Crippen MR) is 79.1 cm³/mol. The summed E-state index contributed by atoms with van der Waals surface area (Å²) >= 11 is 0. The Morgan fingerprint density at radius 2 is 2.00 bits per heavy atom. The highest BCUT2D eigenvalue weighted by atomic mass is 16.5. The summed E-state index contributed by atoms with van der Waals surface area (Å²) in [7, 11) is 0. The van der Waals surface area contributed by atoms with Gasteiger partial charge in [-0.1, -0.05) is 19.3 Å². The summed E-state index contributed by atoms with van der Waals surface area (Å²) in [5, 5.41) is 0. The van der Waals surface area contributed by atoms with Crippen LogP contribution in [0.3, 0.4) is 0 Å². The maximum absolute atomic E-state index is 6.21. The first-order chi connectivity index (χ1) is 9.81. The molecule has 2 heterocycles. The molecular formula is C16H30N2O2. The molecule has 116 valence electrons. The van der Waals surface area contributed by atoms with Crippen LogP contribution < -0.4 is 11.3 Å². The zero-order chi connectivity index (χ0) is 13.8. The molecule has 0 bridgehead atoms. The van der Waals surface area contributed by atoms with E-state index in [0.29, 0.717) is 17.9 Å². The van der Waals surface area contributed by atoms with Gasteiger partial charge in [-0.05, 0) is 50.4 Å². The topological polar surface area (TPSA) is 56.5 Å². The summed E-state index contributed by atoms with van der Waals surface area (Å²) in [5.74, 6) is 7.24. The third kappa shape index (κ3) is 3.35. The molecule has 3 unspecified atom stereocenters. The molecule has 0 aromatic rings. The zero-order valence-corrected chi connectivity index (χ0v) is 12.6. The molecule has 3 rings (SSSR count). The Morgan fingerprint density at radius 1 is 1.15 bits per heavy atom. The molecule has 1 aliphatic carbocycles. The average molecular weight is 282 g/mol. The van der Waals surface area contributed by atoms with Crippen molar-refractivity contribution in [2.75, 3.05) is 19.8 Å². The lowest BCUT2D eigenvalue weighted by atomic mass is 9.73. The highest BCUT2D eigenvalue weighted by Gasteiger charge is 2.41. The van der Waals surface area contributed by atoms with Gasteiger partial charge in [-0.15, -0.1) is 0 Å². The Morgan fingerprint density at radius 3 is 2.70 bits per heavy atom. The summed E-state index contributed by atoms with van der Waals surface area (Å²) < 4.78 is 11.7.